The second-order valence-corrected chi connectivity index (χ2v) is 11.2. The summed E-state index contributed by atoms with van der Waals surface area (Å²) in [5, 5.41) is 15.9. The van der Waals surface area contributed by atoms with E-state index in [0.717, 1.165) is 25.7 Å². The standard InChI is InChI=1S/C29H49N3O5/c1-9-11-13-16-30-26(34)25(22-14-15-24(33)21(5)19-22)32(17-12-10-2)27(35)23(18-20(3)4)31-28(36)37-29(6,7)8/h14-15,19-20,23,25,33H,9-13,16-18H2,1-8H3,(H,30,34)(H,31,36). The van der Waals surface area contributed by atoms with Crippen LogP contribution in [0.3, 0.4) is 0 Å². The number of hydrogen-bond donors (Lipinski definition) is 3. The Kier molecular flexibility index (Phi) is 13.5. The molecule has 0 spiro atoms. The lowest BCUT2D eigenvalue weighted by molar-refractivity contribution is -0.142. The SMILES string of the molecule is CCCCCNC(=O)C(c1ccc(O)c(C)c1)N(CCCC)C(=O)C(CC(C)C)NC(=O)OC(C)(C)C. The fourth-order valence-corrected chi connectivity index (χ4v) is 4.04. The molecule has 0 fully saturated rings. The quantitative estimate of drug-likeness (QED) is 0.277. The number of benzene rings is 1. The number of aromatic hydroxyl groups is 1. The summed E-state index contributed by atoms with van der Waals surface area (Å²) in [7, 11) is 0. The smallest absolute Gasteiger partial charge is 0.408 e. The van der Waals surface area contributed by atoms with E-state index in [9.17, 15) is 19.5 Å². The molecule has 1 aromatic rings. The maximum Gasteiger partial charge on any atom is 0.408 e. The number of unbranched alkanes of at least 4 members (excludes halogenated alkanes) is 3. The lowest BCUT2D eigenvalue weighted by atomic mass is 9.97. The zero-order valence-electron chi connectivity index (χ0n) is 24.1. The summed E-state index contributed by atoms with van der Waals surface area (Å²) in [6.07, 6.45) is 4.15. The molecule has 0 radical (unpaired) electrons. The first kappa shape index (κ1) is 32.3. The number of phenols is 1. The fraction of sp³-hybridized carbons (Fsp3) is 0.690. The predicted molar refractivity (Wildman–Crippen MR) is 147 cm³/mol. The molecule has 8 nitrogen and oxygen atoms in total. The fourth-order valence-electron chi connectivity index (χ4n) is 4.04. The molecule has 0 aliphatic rings. The van der Waals surface area contributed by atoms with Gasteiger partial charge in [-0.1, -0.05) is 53.0 Å². The van der Waals surface area contributed by atoms with E-state index >= 15 is 0 Å². The van der Waals surface area contributed by atoms with Crippen LogP contribution in [-0.4, -0.2) is 52.6 Å². The number of hydrogen-bond acceptors (Lipinski definition) is 5. The van der Waals surface area contributed by atoms with Crippen LogP contribution in [0.15, 0.2) is 18.2 Å². The first-order chi connectivity index (χ1) is 17.3. The van der Waals surface area contributed by atoms with Crippen molar-refractivity contribution in [2.45, 2.75) is 112 Å². The Morgan fingerprint density at radius 3 is 2.24 bits per heavy atom. The van der Waals surface area contributed by atoms with Crippen molar-refractivity contribution in [1.82, 2.24) is 15.5 Å². The average Bonchev–Trinajstić information content (AvgIpc) is 2.79. The Bertz CT molecular complexity index is 879. The molecule has 2 unspecified atom stereocenters. The Morgan fingerprint density at radius 2 is 1.70 bits per heavy atom. The maximum absolute atomic E-state index is 14.1. The number of carbonyl (C=O) groups excluding carboxylic acids is 3. The van der Waals surface area contributed by atoms with Crippen LogP contribution < -0.4 is 10.6 Å². The van der Waals surface area contributed by atoms with Crippen LogP contribution in [0, 0.1) is 12.8 Å². The van der Waals surface area contributed by atoms with Gasteiger partial charge in [0.05, 0.1) is 0 Å². The van der Waals surface area contributed by atoms with Gasteiger partial charge in [0.2, 0.25) is 11.8 Å². The lowest BCUT2D eigenvalue weighted by Gasteiger charge is -2.35. The Morgan fingerprint density at radius 1 is 1.05 bits per heavy atom. The second kappa shape index (κ2) is 15.5. The van der Waals surface area contributed by atoms with Gasteiger partial charge in [-0.25, -0.2) is 4.79 Å². The molecular formula is C29H49N3O5. The molecule has 8 heteroatoms. The molecule has 3 amide bonds. The van der Waals surface area contributed by atoms with Crippen LogP contribution in [0.5, 0.6) is 5.75 Å². The molecule has 1 aromatic carbocycles. The van der Waals surface area contributed by atoms with Gasteiger partial charge in [0.15, 0.2) is 0 Å². The Balaban J connectivity index is 3.45. The van der Waals surface area contributed by atoms with Gasteiger partial charge in [-0.05, 0) is 76.1 Å². The van der Waals surface area contributed by atoms with Crippen molar-refractivity contribution < 1.29 is 24.2 Å². The summed E-state index contributed by atoms with van der Waals surface area (Å²) in [6.45, 7) is 16.0. The number of aryl methyl sites for hydroxylation is 1. The zero-order valence-corrected chi connectivity index (χ0v) is 24.1. The number of rotatable bonds is 14. The van der Waals surface area contributed by atoms with E-state index < -0.39 is 23.8 Å². The van der Waals surface area contributed by atoms with E-state index in [2.05, 4.69) is 17.6 Å². The van der Waals surface area contributed by atoms with E-state index in [-0.39, 0.29) is 23.5 Å². The molecule has 0 heterocycles. The van der Waals surface area contributed by atoms with E-state index in [1.807, 2.05) is 20.8 Å². The maximum atomic E-state index is 14.1. The minimum Gasteiger partial charge on any atom is -0.508 e. The minimum atomic E-state index is -0.893. The summed E-state index contributed by atoms with van der Waals surface area (Å²) in [5.41, 5.74) is 0.533. The zero-order chi connectivity index (χ0) is 28.2. The van der Waals surface area contributed by atoms with Gasteiger partial charge in [0, 0.05) is 13.1 Å². The van der Waals surface area contributed by atoms with Crippen LogP contribution in [0.2, 0.25) is 0 Å². The third kappa shape index (κ3) is 11.4. The molecule has 2 atom stereocenters. The van der Waals surface area contributed by atoms with Crippen LogP contribution >= 0.6 is 0 Å². The number of nitrogens with one attached hydrogen (secondary N) is 2. The largest absolute Gasteiger partial charge is 0.508 e. The number of alkyl carbamates (subject to hydrolysis) is 1. The highest BCUT2D eigenvalue weighted by molar-refractivity contribution is 5.92. The van der Waals surface area contributed by atoms with Crippen LogP contribution in [0.1, 0.15) is 104 Å². The van der Waals surface area contributed by atoms with Crippen molar-refractivity contribution in [3.8, 4) is 5.75 Å². The van der Waals surface area contributed by atoms with Crippen LogP contribution in [0.25, 0.3) is 0 Å². The lowest BCUT2D eigenvalue weighted by Crippen LogP contribution is -2.53. The van der Waals surface area contributed by atoms with Gasteiger partial charge >= 0.3 is 6.09 Å². The van der Waals surface area contributed by atoms with Crippen molar-refractivity contribution in [1.29, 1.82) is 0 Å². The highest BCUT2D eigenvalue weighted by atomic mass is 16.6. The third-order valence-electron chi connectivity index (χ3n) is 5.91. The topological polar surface area (TPSA) is 108 Å². The highest BCUT2D eigenvalue weighted by Gasteiger charge is 2.36. The number of phenolic OH excluding ortho intramolecular Hbond substituents is 1. The van der Waals surface area contributed by atoms with Gasteiger partial charge in [0.25, 0.3) is 0 Å². The predicted octanol–water partition coefficient (Wildman–Crippen LogP) is 5.62. The molecule has 0 bridgehead atoms. The molecule has 210 valence electrons. The summed E-state index contributed by atoms with van der Waals surface area (Å²) in [4.78, 5) is 41.9. The molecule has 0 aliphatic heterocycles. The monoisotopic (exact) mass is 519 g/mol. The number of ether oxygens (including phenoxy) is 1. The van der Waals surface area contributed by atoms with Crippen LogP contribution in [-0.2, 0) is 14.3 Å². The molecule has 0 aliphatic carbocycles. The van der Waals surface area contributed by atoms with Crippen LogP contribution in [0.4, 0.5) is 4.79 Å². The van der Waals surface area contributed by atoms with Crippen molar-refractivity contribution in [3.05, 3.63) is 29.3 Å². The number of nitrogens with zero attached hydrogens (tertiary/aromatic N) is 1. The third-order valence-corrected chi connectivity index (χ3v) is 5.91. The normalized spacial score (nSPS) is 13.1. The van der Waals surface area contributed by atoms with E-state index in [4.69, 9.17) is 4.74 Å². The molecule has 3 N–H and O–H groups in total. The molecule has 1 rings (SSSR count). The average molecular weight is 520 g/mol. The van der Waals surface area contributed by atoms with Gasteiger partial charge in [-0.15, -0.1) is 0 Å². The Hall–Kier alpha value is -2.77. The molecule has 0 saturated carbocycles. The first-order valence-corrected chi connectivity index (χ1v) is 13.7. The molecule has 37 heavy (non-hydrogen) atoms. The molecular weight excluding hydrogens is 470 g/mol. The summed E-state index contributed by atoms with van der Waals surface area (Å²) in [6, 6.07) is 3.24. The number of amides is 3. The number of carbonyl (C=O) groups is 3. The summed E-state index contributed by atoms with van der Waals surface area (Å²) in [5.74, 6) is -0.352. The summed E-state index contributed by atoms with van der Waals surface area (Å²) >= 11 is 0. The molecule has 0 aromatic heterocycles. The van der Waals surface area contributed by atoms with E-state index in [0.29, 0.717) is 37.1 Å². The Labute approximate surface area is 223 Å². The summed E-state index contributed by atoms with van der Waals surface area (Å²) < 4.78 is 5.43. The van der Waals surface area contributed by atoms with E-state index in [1.165, 1.54) is 0 Å². The van der Waals surface area contributed by atoms with Gasteiger partial charge < -0.3 is 25.4 Å². The van der Waals surface area contributed by atoms with Crippen molar-refractivity contribution in [2.24, 2.45) is 5.92 Å². The first-order valence-electron chi connectivity index (χ1n) is 13.7. The highest BCUT2D eigenvalue weighted by Crippen LogP contribution is 2.28. The minimum absolute atomic E-state index is 0.120. The van der Waals surface area contributed by atoms with Gasteiger partial charge in [0.1, 0.15) is 23.4 Å². The van der Waals surface area contributed by atoms with Crippen molar-refractivity contribution >= 4 is 17.9 Å². The molecule has 0 saturated heterocycles. The van der Waals surface area contributed by atoms with Crippen molar-refractivity contribution in [2.75, 3.05) is 13.1 Å². The van der Waals surface area contributed by atoms with E-state index in [1.54, 1.807) is 50.8 Å². The van der Waals surface area contributed by atoms with Gasteiger partial charge in [-0.3, -0.25) is 9.59 Å². The van der Waals surface area contributed by atoms with Gasteiger partial charge in [-0.2, -0.15) is 0 Å². The van der Waals surface area contributed by atoms with Crippen molar-refractivity contribution in [3.63, 3.8) is 0 Å². The second-order valence-electron chi connectivity index (χ2n) is 11.2.